The smallest absolute Gasteiger partial charge is 0.416 e. The number of ether oxygens (including phenoxy) is 1. The second-order valence-electron chi connectivity index (χ2n) is 6.59. The molecule has 0 atom stereocenters. The molecule has 1 aromatic heterocycles. The van der Waals surface area contributed by atoms with Gasteiger partial charge in [0, 0.05) is 17.3 Å². The molecule has 0 fully saturated rings. The van der Waals surface area contributed by atoms with Crippen molar-refractivity contribution < 1.29 is 36.3 Å². The monoisotopic (exact) mass is 452 g/mol. The van der Waals surface area contributed by atoms with Crippen molar-refractivity contribution in [2.75, 3.05) is 6.61 Å². The van der Waals surface area contributed by atoms with Gasteiger partial charge >= 0.3 is 12.1 Å². The van der Waals surface area contributed by atoms with Crippen LogP contribution in [0.1, 0.15) is 32.1 Å². The first-order valence-corrected chi connectivity index (χ1v) is 8.91. The summed E-state index contributed by atoms with van der Waals surface area (Å²) in [6.07, 6.45) is -4.62. The molecule has 0 unspecified atom stereocenters. The molecule has 0 bridgehead atoms. The van der Waals surface area contributed by atoms with Gasteiger partial charge in [-0.1, -0.05) is 6.07 Å². The zero-order valence-corrected chi connectivity index (χ0v) is 16.2. The van der Waals surface area contributed by atoms with E-state index in [0.29, 0.717) is 6.07 Å². The van der Waals surface area contributed by atoms with E-state index in [1.807, 2.05) is 0 Å². The number of aromatic nitrogens is 2. The topological polar surface area (TPSA) is 78.3 Å². The Morgan fingerprint density at radius 2 is 1.75 bits per heavy atom. The van der Waals surface area contributed by atoms with Gasteiger partial charge in [0.05, 0.1) is 11.3 Å². The van der Waals surface area contributed by atoms with Gasteiger partial charge in [-0.3, -0.25) is 9.59 Å². The molecule has 0 spiro atoms. The number of esters is 1. The Hall–Kier alpha value is -3.89. The Morgan fingerprint density at radius 3 is 2.41 bits per heavy atom. The number of Topliss-reactive ketones (excluding diaryl/α,β-unsaturated/α-hetero) is 1. The number of hydrogen-bond acceptors (Lipinski definition) is 5. The van der Waals surface area contributed by atoms with Gasteiger partial charge in [0.1, 0.15) is 0 Å². The molecule has 0 radical (unpaired) electrons. The summed E-state index contributed by atoms with van der Waals surface area (Å²) in [5, 5.41) is 3.78. The normalized spacial score (nSPS) is 11.3. The maximum absolute atomic E-state index is 13.2. The lowest BCUT2D eigenvalue weighted by atomic mass is 10.1. The van der Waals surface area contributed by atoms with Crippen molar-refractivity contribution in [3.63, 3.8) is 0 Å². The van der Waals surface area contributed by atoms with Crippen LogP contribution in [-0.4, -0.2) is 28.1 Å². The maximum atomic E-state index is 13.2. The Bertz CT molecular complexity index is 1270. The summed E-state index contributed by atoms with van der Waals surface area (Å²) >= 11 is 0. The number of aryl methyl sites for hydroxylation is 1. The van der Waals surface area contributed by atoms with Crippen LogP contribution in [0.15, 0.2) is 53.3 Å². The molecule has 0 N–H and O–H groups in total. The quantitative estimate of drug-likeness (QED) is 0.334. The predicted octanol–water partition coefficient (Wildman–Crippen LogP) is 3.88. The first-order chi connectivity index (χ1) is 15.0. The Balaban J connectivity index is 1.85. The third-order valence-electron chi connectivity index (χ3n) is 4.29. The number of benzene rings is 2. The SMILES string of the molecule is Cc1cc(=O)c(C(=O)OCC(=O)c2ccc(F)c(F)c2)nn1-c1cccc(C(F)(F)F)c1. The van der Waals surface area contributed by atoms with E-state index in [4.69, 9.17) is 4.74 Å². The van der Waals surface area contributed by atoms with E-state index in [-0.39, 0.29) is 16.9 Å². The molecule has 166 valence electrons. The lowest BCUT2D eigenvalue weighted by molar-refractivity contribution is -0.137. The Labute approximate surface area is 176 Å². The van der Waals surface area contributed by atoms with E-state index in [9.17, 15) is 36.3 Å². The molecular formula is C21H13F5N2O4. The fraction of sp³-hybridized carbons (Fsp3) is 0.143. The van der Waals surface area contributed by atoms with Crippen LogP contribution in [0.25, 0.3) is 5.69 Å². The molecule has 0 aliphatic carbocycles. The van der Waals surface area contributed by atoms with Crippen LogP contribution in [0.2, 0.25) is 0 Å². The average Bonchev–Trinajstić information content (AvgIpc) is 2.73. The number of hydrogen-bond donors (Lipinski definition) is 0. The molecule has 2 aromatic carbocycles. The number of carbonyl (C=O) groups excluding carboxylic acids is 2. The summed E-state index contributed by atoms with van der Waals surface area (Å²) in [6.45, 7) is 0.499. The summed E-state index contributed by atoms with van der Waals surface area (Å²) in [4.78, 5) is 36.5. The molecule has 1 heterocycles. The zero-order valence-electron chi connectivity index (χ0n) is 16.2. The van der Waals surface area contributed by atoms with Gasteiger partial charge in [0.2, 0.25) is 11.1 Å². The molecule has 0 amide bonds. The summed E-state index contributed by atoms with van der Waals surface area (Å²) in [5.41, 5.74) is -2.80. The van der Waals surface area contributed by atoms with Gasteiger partial charge < -0.3 is 4.74 Å². The largest absolute Gasteiger partial charge is 0.452 e. The number of nitrogens with zero attached hydrogens (tertiary/aromatic N) is 2. The zero-order chi connectivity index (χ0) is 23.6. The number of rotatable bonds is 5. The maximum Gasteiger partial charge on any atom is 0.416 e. The summed E-state index contributed by atoms with van der Waals surface area (Å²) in [6, 6.07) is 7.36. The molecule has 0 aliphatic rings. The van der Waals surface area contributed by atoms with E-state index in [1.54, 1.807) is 0 Å². The van der Waals surface area contributed by atoms with E-state index in [0.717, 1.165) is 41.1 Å². The van der Waals surface area contributed by atoms with Crippen molar-refractivity contribution in [2.45, 2.75) is 13.1 Å². The molecule has 3 rings (SSSR count). The minimum absolute atomic E-state index is 0.0655. The van der Waals surface area contributed by atoms with Crippen molar-refractivity contribution in [2.24, 2.45) is 0 Å². The predicted molar refractivity (Wildman–Crippen MR) is 101 cm³/mol. The molecule has 0 saturated carbocycles. The van der Waals surface area contributed by atoms with Crippen LogP contribution in [0.3, 0.4) is 0 Å². The first-order valence-electron chi connectivity index (χ1n) is 8.91. The molecule has 3 aromatic rings. The second kappa shape index (κ2) is 8.69. The van der Waals surface area contributed by atoms with Crippen molar-refractivity contribution in [1.29, 1.82) is 0 Å². The van der Waals surface area contributed by atoms with E-state index in [2.05, 4.69) is 5.10 Å². The van der Waals surface area contributed by atoms with Gasteiger partial charge in [0.25, 0.3) is 0 Å². The highest BCUT2D eigenvalue weighted by Crippen LogP contribution is 2.30. The molecule has 6 nitrogen and oxygen atoms in total. The van der Waals surface area contributed by atoms with Gasteiger partial charge in [-0.05, 0) is 43.3 Å². The Kier molecular flexibility index (Phi) is 6.19. The highest BCUT2D eigenvalue weighted by Gasteiger charge is 2.30. The third kappa shape index (κ3) is 4.88. The number of alkyl halides is 3. The van der Waals surface area contributed by atoms with Crippen LogP contribution in [0.4, 0.5) is 22.0 Å². The van der Waals surface area contributed by atoms with Gasteiger partial charge in [-0.15, -0.1) is 0 Å². The van der Waals surface area contributed by atoms with Crippen LogP contribution in [-0.2, 0) is 10.9 Å². The standard InChI is InChI=1S/C21H13F5N2O4/c1-11-7-17(29)19(27-28(11)14-4-2-3-13(9-14)21(24,25)26)20(31)32-10-18(30)12-5-6-15(22)16(23)8-12/h2-9H,10H2,1H3. The Morgan fingerprint density at radius 1 is 1.03 bits per heavy atom. The first kappa shape index (κ1) is 22.8. The molecule has 0 aliphatic heterocycles. The minimum Gasteiger partial charge on any atom is -0.452 e. The van der Waals surface area contributed by atoms with Crippen molar-refractivity contribution >= 4 is 11.8 Å². The van der Waals surface area contributed by atoms with Gasteiger partial charge in [-0.2, -0.15) is 18.3 Å². The highest BCUT2D eigenvalue weighted by atomic mass is 19.4. The minimum atomic E-state index is -4.62. The fourth-order valence-electron chi connectivity index (χ4n) is 2.72. The average molecular weight is 452 g/mol. The van der Waals surface area contributed by atoms with Crippen molar-refractivity contribution in [1.82, 2.24) is 9.78 Å². The van der Waals surface area contributed by atoms with Crippen LogP contribution in [0, 0.1) is 18.6 Å². The lowest BCUT2D eigenvalue weighted by Gasteiger charge is -2.13. The molecule has 0 saturated heterocycles. The lowest BCUT2D eigenvalue weighted by Crippen LogP contribution is -2.26. The van der Waals surface area contributed by atoms with Gasteiger partial charge in [0.15, 0.2) is 24.0 Å². The van der Waals surface area contributed by atoms with Crippen LogP contribution < -0.4 is 5.43 Å². The van der Waals surface area contributed by atoms with Gasteiger partial charge in [-0.25, -0.2) is 18.3 Å². The third-order valence-corrected chi connectivity index (χ3v) is 4.29. The number of halogens is 5. The molecule has 11 heteroatoms. The molecular weight excluding hydrogens is 439 g/mol. The number of ketones is 1. The van der Waals surface area contributed by atoms with Crippen molar-refractivity contribution in [3.05, 3.63) is 92.9 Å². The molecule has 32 heavy (non-hydrogen) atoms. The van der Waals surface area contributed by atoms with Crippen LogP contribution in [0.5, 0.6) is 0 Å². The van der Waals surface area contributed by atoms with E-state index < -0.39 is 52.9 Å². The van der Waals surface area contributed by atoms with Crippen LogP contribution >= 0.6 is 0 Å². The summed E-state index contributed by atoms with van der Waals surface area (Å²) in [7, 11) is 0. The highest BCUT2D eigenvalue weighted by molar-refractivity contribution is 5.99. The second-order valence-corrected chi connectivity index (χ2v) is 6.59. The summed E-state index contributed by atoms with van der Waals surface area (Å²) in [5.74, 6) is -4.63. The van der Waals surface area contributed by atoms with Crippen molar-refractivity contribution in [3.8, 4) is 5.69 Å². The summed E-state index contributed by atoms with van der Waals surface area (Å²) < 4.78 is 70.9. The number of carbonyl (C=O) groups is 2. The van der Waals surface area contributed by atoms with E-state index >= 15 is 0 Å². The van der Waals surface area contributed by atoms with E-state index in [1.165, 1.54) is 13.0 Å². The fourth-order valence-corrected chi connectivity index (χ4v) is 2.72.